The lowest BCUT2D eigenvalue weighted by atomic mass is 9.85. The number of hydrogen-bond acceptors (Lipinski definition) is 1. The van der Waals surface area contributed by atoms with Crippen molar-refractivity contribution in [2.45, 2.75) is 67.2 Å². The Morgan fingerprint density at radius 1 is 1.00 bits per heavy atom. The van der Waals surface area contributed by atoms with Gasteiger partial charge in [-0.25, -0.2) is 0 Å². The summed E-state index contributed by atoms with van der Waals surface area (Å²) in [6, 6.07) is 0. The van der Waals surface area contributed by atoms with Crippen molar-refractivity contribution in [2.75, 3.05) is 6.54 Å². The van der Waals surface area contributed by atoms with Gasteiger partial charge in [0.25, 0.3) is 0 Å². The van der Waals surface area contributed by atoms with Gasteiger partial charge in [-0.2, -0.15) is 0 Å². The second kappa shape index (κ2) is 6.27. The summed E-state index contributed by atoms with van der Waals surface area (Å²) in [6.07, 6.45) is 3.84. The maximum atomic E-state index is 11.7. The van der Waals surface area contributed by atoms with Crippen LogP contribution in [0.1, 0.15) is 67.2 Å². The van der Waals surface area contributed by atoms with E-state index >= 15 is 0 Å². The average Bonchev–Trinajstić information content (AvgIpc) is 2.24. The van der Waals surface area contributed by atoms with E-state index in [1.165, 1.54) is 0 Å². The van der Waals surface area contributed by atoms with Gasteiger partial charge in [0.15, 0.2) is 0 Å². The van der Waals surface area contributed by atoms with Gasteiger partial charge in [0, 0.05) is 13.0 Å². The topological polar surface area (TPSA) is 29.1 Å². The second-order valence-corrected chi connectivity index (χ2v) is 6.31. The molecule has 2 nitrogen and oxygen atoms in total. The van der Waals surface area contributed by atoms with Crippen LogP contribution in [0.3, 0.4) is 0 Å². The molecule has 0 bridgehead atoms. The van der Waals surface area contributed by atoms with Crippen molar-refractivity contribution < 1.29 is 4.79 Å². The molecule has 1 amide bonds. The molecule has 0 rings (SSSR count). The quantitative estimate of drug-likeness (QED) is 0.705. The SMILES string of the molecule is CCC(C)(C)CCC(=O)NCC(C)(C)CC. The molecule has 0 aliphatic carbocycles. The summed E-state index contributed by atoms with van der Waals surface area (Å²) in [7, 11) is 0. The van der Waals surface area contributed by atoms with E-state index in [4.69, 9.17) is 0 Å². The van der Waals surface area contributed by atoms with Crippen LogP contribution in [0.5, 0.6) is 0 Å². The molecule has 16 heavy (non-hydrogen) atoms. The molecule has 0 aliphatic rings. The molecule has 1 N–H and O–H groups in total. The molecule has 0 spiro atoms. The average molecular weight is 227 g/mol. The van der Waals surface area contributed by atoms with Crippen LogP contribution < -0.4 is 5.32 Å². The molecule has 0 fully saturated rings. The Hall–Kier alpha value is -0.530. The van der Waals surface area contributed by atoms with Crippen LogP contribution in [-0.2, 0) is 4.79 Å². The Morgan fingerprint density at radius 2 is 1.50 bits per heavy atom. The van der Waals surface area contributed by atoms with Gasteiger partial charge in [-0.1, -0.05) is 48.0 Å². The van der Waals surface area contributed by atoms with E-state index in [1.54, 1.807) is 0 Å². The Labute approximate surface area is 101 Å². The molecule has 0 aromatic carbocycles. The van der Waals surface area contributed by atoms with Crippen molar-refractivity contribution in [1.82, 2.24) is 5.32 Å². The van der Waals surface area contributed by atoms with Crippen LogP contribution >= 0.6 is 0 Å². The molecule has 0 radical (unpaired) electrons. The van der Waals surface area contributed by atoms with E-state index in [2.05, 4.69) is 46.9 Å². The van der Waals surface area contributed by atoms with E-state index in [0.717, 1.165) is 25.8 Å². The highest BCUT2D eigenvalue weighted by atomic mass is 16.1. The molecule has 0 saturated heterocycles. The van der Waals surface area contributed by atoms with Crippen molar-refractivity contribution in [2.24, 2.45) is 10.8 Å². The smallest absolute Gasteiger partial charge is 0.220 e. The molecule has 96 valence electrons. The number of amides is 1. The van der Waals surface area contributed by atoms with Gasteiger partial charge in [0.05, 0.1) is 0 Å². The molecule has 2 heteroatoms. The monoisotopic (exact) mass is 227 g/mol. The summed E-state index contributed by atoms with van der Waals surface area (Å²) in [5.41, 5.74) is 0.507. The Balaban J connectivity index is 3.85. The highest BCUT2D eigenvalue weighted by Gasteiger charge is 2.19. The van der Waals surface area contributed by atoms with E-state index in [9.17, 15) is 4.79 Å². The summed E-state index contributed by atoms with van der Waals surface area (Å²) in [6.45, 7) is 13.9. The first kappa shape index (κ1) is 15.5. The van der Waals surface area contributed by atoms with Gasteiger partial charge in [-0.3, -0.25) is 4.79 Å². The van der Waals surface area contributed by atoms with Crippen LogP contribution in [0.2, 0.25) is 0 Å². The zero-order valence-corrected chi connectivity index (χ0v) is 11.9. The number of carbonyl (C=O) groups excluding carboxylic acids is 1. The number of carbonyl (C=O) groups is 1. The van der Waals surface area contributed by atoms with Gasteiger partial charge in [-0.05, 0) is 23.7 Å². The predicted octanol–water partition coefficient (Wildman–Crippen LogP) is 3.76. The minimum absolute atomic E-state index is 0.197. The standard InChI is InChI=1S/C14H29NO/c1-7-13(3,4)10-9-12(16)15-11-14(5,6)8-2/h7-11H2,1-6H3,(H,15,16). The fourth-order valence-corrected chi connectivity index (χ4v) is 1.18. The van der Waals surface area contributed by atoms with E-state index in [1.807, 2.05) is 0 Å². The molecule has 0 heterocycles. The van der Waals surface area contributed by atoms with Crippen molar-refractivity contribution in [1.29, 1.82) is 0 Å². The largest absolute Gasteiger partial charge is 0.356 e. The van der Waals surface area contributed by atoms with E-state index in [0.29, 0.717) is 6.42 Å². The highest BCUT2D eigenvalue weighted by molar-refractivity contribution is 5.75. The molecule has 0 aromatic heterocycles. The van der Waals surface area contributed by atoms with Crippen molar-refractivity contribution in [3.63, 3.8) is 0 Å². The normalized spacial score (nSPS) is 12.6. The lowest BCUT2D eigenvalue weighted by Crippen LogP contribution is -2.34. The molecule has 0 unspecified atom stereocenters. The number of rotatable bonds is 7. The third-order valence-corrected chi connectivity index (χ3v) is 3.71. The maximum Gasteiger partial charge on any atom is 0.220 e. The Morgan fingerprint density at radius 3 is 1.94 bits per heavy atom. The van der Waals surface area contributed by atoms with Crippen LogP contribution in [-0.4, -0.2) is 12.5 Å². The number of nitrogens with one attached hydrogen (secondary N) is 1. The highest BCUT2D eigenvalue weighted by Crippen LogP contribution is 2.26. The first-order valence-corrected chi connectivity index (χ1v) is 6.49. The minimum Gasteiger partial charge on any atom is -0.356 e. The third-order valence-electron chi connectivity index (χ3n) is 3.71. The lowest BCUT2D eigenvalue weighted by Gasteiger charge is -2.24. The molecular weight excluding hydrogens is 198 g/mol. The Bertz CT molecular complexity index is 197. The minimum atomic E-state index is 0.197. The molecule has 0 atom stereocenters. The van der Waals surface area contributed by atoms with Gasteiger partial charge >= 0.3 is 0 Å². The first-order valence-electron chi connectivity index (χ1n) is 6.49. The van der Waals surface area contributed by atoms with Crippen LogP contribution in [0.4, 0.5) is 0 Å². The van der Waals surface area contributed by atoms with E-state index in [-0.39, 0.29) is 16.7 Å². The third kappa shape index (κ3) is 6.86. The van der Waals surface area contributed by atoms with Crippen LogP contribution in [0, 0.1) is 10.8 Å². The van der Waals surface area contributed by atoms with Crippen LogP contribution in [0.25, 0.3) is 0 Å². The molecule has 0 saturated carbocycles. The first-order chi connectivity index (χ1) is 7.22. The van der Waals surface area contributed by atoms with Gasteiger partial charge in [0.2, 0.25) is 5.91 Å². The van der Waals surface area contributed by atoms with Gasteiger partial charge in [0.1, 0.15) is 0 Å². The lowest BCUT2D eigenvalue weighted by molar-refractivity contribution is -0.122. The van der Waals surface area contributed by atoms with Gasteiger partial charge < -0.3 is 5.32 Å². The summed E-state index contributed by atoms with van der Waals surface area (Å²) in [5, 5.41) is 3.03. The van der Waals surface area contributed by atoms with Crippen LogP contribution in [0.15, 0.2) is 0 Å². The molecule has 0 aliphatic heterocycles. The van der Waals surface area contributed by atoms with E-state index < -0.39 is 0 Å². The summed E-state index contributed by atoms with van der Waals surface area (Å²) < 4.78 is 0. The fraction of sp³-hybridized carbons (Fsp3) is 0.929. The summed E-state index contributed by atoms with van der Waals surface area (Å²) in [5.74, 6) is 0.197. The molecule has 0 aromatic rings. The summed E-state index contributed by atoms with van der Waals surface area (Å²) in [4.78, 5) is 11.7. The zero-order chi connectivity index (χ0) is 12.8. The van der Waals surface area contributed by atoms with Crippen molar-refractivity contribution >= 4 is 5.91 Å². The van der Waals surface area contributed by atoms with Crippen molar-refractivity contribution in [3.05, 3.63) is 0 Å². The summed E-state index contributed by atoms with van der Waals surface area (Å²) >= 11 is 0. The second-order valence-electron chi connectivity index (χ2n) is 6.31. The fourth-order valence-electron chi connectivity index (χ4n) is 1.18. The Kier molecular flexibility index (Phi) is 6.06. The van der Waals surface area contributed by atoms with Crippen molar-refractivity contribution in [3.8, 4) is 0 Å². The number of hydrogen-bond donors (Lipinski definition) is 1. The maximum absolute atomic E-state index is 11.7. The molecular formula is C14H29NO. The predicted molar refractivity (Wildman–Crippen MR) is 70.4 cm³/mol. The van der Waals surface area contributed by atoms with Gasteiger partial charge in [-0.15, -0.1) is 0 Å². The zero-order valence-electron chi connectivity index (χ0n) is 11.9.